The van der Waals surface area contributed by atoms with Crippen LogP contribution in [0.1, 0.15) is 24.8 Å². The van der Waals surface area contributed by atoms with Crippen LogP contribution in [-0.4, -0.2) is 40.6 Å². The summed E-state index contributed by atoms with van der Waals surface area (Å²) in [6.45, 7) is 1.09. The molecule has 0 unspecified atom stereocenters. The average Bonchev–Trinajstić information content (AvgIpc) is 3.00. The fraction of sp³-hybridized carbons (Fsp3) is 0.333. The smallest absolute Gasteiger partial charge is 0.321 e. The predicted molar refractivity (Wildman–Crippen MR) is 102 cm³/mol. The van der Waals surface area contributed by atoms with Crippen molar-refractivity contribution in [1.29, 1.82) is 0 Å². The van der Waals surface area contributed by atoms with Gasteiger partial charge in [-0.15, -0.1) is 0 Å². The third-order valence-corrected chi connectivity index (χ3v) is 5.36. The molecule has 2 fully saturated rings. The number of benzene rings is 2. The van der Waals surface area contributed by atoms with Crippen LogP contribution in [0.4, 0.5) is 19.3 Å². The van der Waals surface area contributed by atoms with Gasteiger partial charge >= 0.3 is 6.03 Å². The average molecular weight is 401 g/mol. The largest absolute Gasteiger partial charge is 0.324 e. The molecule has 152 valence electrons. The molecule has 0 bridgehead atoms. The normalized spacial score (nSPS) is 18.3. The van der Waals surface area contributed by atoms with Gasteiger partial charge in [-0.2, -0.15) is 0 Å². The summed E-state index contributed by atoms with van der Waals surface area (Å²) >= 11 is 0. The maximum absolute atomic E-state index is 13.7. The minimum Gasteiger partial charge on any atom is -0.324 e. The number of urea groups is 1. The number of carbonyl (C=O) groups is 2. The summed E-state index contributed by atoms with van der Waals surface area (Å²) in [5.74, 6) is -1.40. The number of nitrogens with one attached hydrogen (secondary N) is 1. The maximum atomic E-state index is 13.7. The zero-order valence-corrected chi connectivity index (χ0v) is 15.7. The fourth-order valence-electron chi connectivity index (χ4n) is 3.72. The molecule has 2 aromatic carbocycles. The Hall–Kier alpha value is -3.00. The number of rotatable bonds is 3. The first-order valence-electron chi connectivity index (χ1n) is 9.49. The molecule has 3 amide bonds. The topological polar surface area (TPSA) is 61.9 Å². The number of carbonyl (C=O) groups excluding carboxylic acids is 2. The van der Waals surface area contributed by atoms with Crippen LogP contribution in [0.25, 0.3) is 0 Å². The van der Waals surface area contributed by atoms with Crippen LogP contribution < -0.4 is 5.32 Å². The Morgan fingerprint density at radius 2 is 1.83 bits per heavy atom. The highest BCUT2D eigenvalue weighted by atomic mass is 19.1. The molecule has 0 saturated carbocycles. The van der Waals surface area contributed by atoms with E-state index in [0.717, 1.165) is 23.8 Å². The number of hydrogen-bond acceptors (Lipinski definition) is 3. The van der Waals surface area contributed by atoms with Crippen molar-refractivity contribution in [3.63, 3.8) is 0 Å². The van der Waals surface area contributed by atoms with Gasteiger partial charge in [-0.25, -0.2) is 18.6 Å². The van der Waals surface area contributed by atoms with Gasteiger partial charge in [0.05, 0.1) is 18.7 Å². The zero-order chi connectivity index (χ0) is 20.4. The Kier molecular flexibility index (Phi) is 5.19. The Morgan fingerprint density at radius 3 is 2.55 bits per heavy atom. The summed E-state index contributed by atoms with van der Waals surface area (Å²) in [5.41, 5.74) is 0.163. The van der Waals surface area contributed by atoms with Crippen molar-refractivity contribution in [2.75, 3.05) is 18.4 Å². The first kappa shape index (κ1) is 19.3. The van der Waals surface area contributed by atoms with Gasteiger partial charge in [0.1, 0.15) is 17.2 Å². The summed E-state index contributed by atoms with van der Waals surface area (Å²) in [5, 5.41) is 3.80. The van der Waals surface area contributed by atoms with Crippen molar-refractivity contribution < 1.29 is 23.2 Å². The summed E-state index contributed by atoms with van der Waals surface area (Å²) in [7, 11) is 0. The van der Waals surface area contributed by atoms with Gasteiger partial charge in [0.15, 0.2) is 0 Å². The van der Waals surface area contributed by atoms with Crippen molar-refractivity contribution in [3.8, 4) is 0 Å². The lowest BCUT2D eigenvalue weighted by atomic mass is 9.89. The molecule has 29 heavy (non-hydrogen) atoms. The van der Waals surface area contributed by atoms with Crippen molar-refractivity contribution in [2.24, 2.45) is 0 Å². The Morgan fingerprint density at radius 1 is 1.10 bits per heavy atom. The third-order valence-electron chi connectivity index (χ3n) is 5.36. The van der Waals surface area contributed by atoms with Crippen LogP contribution in [0.2, 0.25) is 0 Å². The van der Waals surface area contributed by atoms with E-state index >= 15 is 0 Å². The zero-order valence-electron chi connectivity index (χ0n) is 15.7. The maximum Gasteiger partial charge on any atom is 0.321 e. The van der Waals surface area contributed by atoms with Gasteiger partial charge in [0.25, 0.3) is 0 Å². The molecule has 0 aromatic heterocycles. The van der Waals surface area contributed by atoms with Crippen LogP contribution in [0.15, 0.2) is 48.5 Å². The Balaban J connectivity index is 1.34. The van der Waals surface area contributed by atoms with Crippen molar-refractivity contribution in [2.45, 2.75) is 31.4 Å². The van der Waals surface area contributed by atoms with E-state index in [1.54, 1.807) is 0 Å². The standard InChI is InChI=1S/C21H21F2N3O3/c22-16-6-7-17(23)18(12-16)24-20(28)25-10-8-21(9-11-25)13-19(27)26(29-21)14-15-4-2-1-3-5-15/h1-7,12H,8-11,13-14H2,(H,24,28). The van der Waals surface area contributed by atoms with Crippen molar-refractivity contribution in [3.05, 3.63) is 65.7 Å². The van der Waals surface area contributed by atoms with E-state index in [4.69, 9.17) is 4.84 Å². The third kappa shape index (κ3) is 4.22. The monoisotopic (exact) mass is 401 g/mol. The van der Waals surface area contributed by atoms with E-state index in [9.17, 15) is 18.4 Å². The molecule has 2 saturated heterocycles. The number of nitrogens with zero attached hydrogens (tertiary/aromatic N) is 2. The molecular formula is C21H21F2N3O3. The highest BCUT2D eigenvalue weighted by molar-refractivity contribution is 5.89. The number of piperidine rings is 1. The van der Waals surface area contributed by atoms with Gasteiger partial charge in [0.2, 0.25) is 5.91 Å². The molecule has 4 rings (SSSR count). The van der Waals surface area contributed by atoms with Gasteiger partial charge in [-0.05, 0) is 30.5 Å². The van der Waals surface area contributed by atoms with E-state index in [2.05, 4.69) is 5.32 Å². The molecule has 8 heteroatoms. The highest BCUT2D eigenvalue weighted by Crippen LogP contribution is 2.37. The van der Waals surface area contributed by atoms with Gasteiger partial charge in [-0.1, -0.05) is 30.3 Å². The lowest BCUT2D eigenvalue weighted by molar-refractivity contribution is -0.212. The van der Waals surface area contributed by atoms with Gasteiger partial charge < -0.3 is 10.2 Å². The summed E-state index contributed by atoms with van der Waals surface area (Å²) < 4.78 is 27.0. The fourth-order valence-corrected chi connectivity index (χ4v) is 3.72. The quantitative estimate of drug-likeness (QED) is 0.853. The first-order chi connectivity index (χ1) is 13.9. The Labute approximate surface area is 167 Å². The SMILES string of the molecule is O=C(Nc1cc(F)ccc1F)N1CCC2(CC1)CC(=O)N(Cc1ccccc1)O2. The van der Waals surface area contributed by atoms with Crippen LogP contribution in [0.5, 0.6) is 0 Å². The molecule has 0 radical (unpaired) electrons. The molecule has 2 aromatic rings. The molecule has 2 aliphatic rings. The second-order valence-corrected chi connectivity index (χ2v) is 7.41. The highest BCUT2D eigenvalue weighted by Gasteiger charge is 2.47. The lowest BCUT2D eigenvalue weighted by Crippen LogP contribution is -2.48. The number of anilines is 1. The Bertz CT molecular complexity index is 915. The molecule has 2 heterocycles. The van der Waals surface area contributed by atoms with Gasteiger partial charge in [-0.3, -0.25) is 9.63 Å². The minimum atomic E-state index is -0.700. The van der Waals surface area contributed by atoms with E-state index < -0.39 is 23.3 Å². The van der Waals surface area contributed by atoms with E-state index in [1.807, 2.05) is 30.3 Å². The summed E-state index contributed by atoms with van der Waals surface area (Å²) in [4.78, 5) is 32.3. The molecule has 0 atom stereocenters. The number of halogens is 2. The molecule has 0 aliphatic carbocycles. The predicted octanol–water partition coefficient (Wildman–Crippen LogP) is 3.70. The summed E-state index contributed by atoms with van der Waals surface area (Å²) in [6, 6.07) is 12.0. The molecule has 6 nitrogen and oxygen atoms in total. The van der Waals surface area contributed by atoms with Crippen LogP contribution >= 0.6 is 0 Å². The number of hydroxylamine groups is 2. The van der Waals surface area contributed by atoms with E-state index in [0.29, 0.717) is 32.5 Å². The first-order valence-corrected chi connectivity index (χ1v) is 9.49. The van der Waals surface area contributed by atoms with E-state index in [1.165, 1.54) is 9.96 Å². The molecule has 2 aliphatic heterocycles. The second kappa shape index (κ2) is 7.79. The molecule has 1 N–H and O–H groups in total. The lowest BCUT2D eigenvalue weighted by Gasteiger charge is -2.37. The van der Waals surface area contributed by atoms with E-state index in [-0.39, 0.29) is 18.0 Å². The van der Waals surface area contributed by atoms with Crippen LogP contribution in [0, 0.1) is 11.6 Å². The summed E-state index contributed by atoms with van der Waals surface area (Å²) in [6.07, 6.45) is 1.25. The number of likely N-dealkylation sites (tertiary alicyclic amines) is 1. The number of hydrogen-bond donors (Lipinski definition) is 1. The van der Waals surface area contributed by atoms with Crippen molar-refractivity contribution in [1.82, 2.24) is 9.96 Å². The minimum absolute atomic E-state index is 0.0754. The second-order valence-electron chi connectivity index (χ2n) is 7.41. The van der Waals surface area contributed by atoms with Gasteiger partial charge in [0, 0.05) is 19.2 Å². The molecule has 1 spiro atoms. The molecular weight excluding hydrogens is 380 g/mol. The number of amides is 3. The van der Waals surface area contributed by atoms with Crippen LogP contribution in [0.3, 0.4) is 0 Å². The van der Waals surface area contributed by atoms with Crippen LogP contribution in [-0.2, 0) is 16.2 Å². The van der Waals surface area contributed by atoms with Crippen molar-refractivity contribution >= 4 is 17.6 Å².